The van der Waals surface area contributed by atoms with Gasteiger partial charge in [-0.05, 0) is 38.2 Å². The number of aromatic nitrogens is 2. The second kappa shape index (κ2) is 3.48. The Labute approximate surface area is 83.6 Å². The van der Waals surface area contributed by atoms with E-state index in [4.69, 9.17) is 0 Å². The zero-order valence-corrected chi connectivity index (χ0v) is 8.63. The van der Waals surface area contributed by atoms with Crippen molar-refractivity contribution in [3.63, 3.8) is 0 Å². The molecule has 14 heavy (non-hydrogen) atoms. The highest BCUT2D eigenvalue weighted by atomic mass is 16.1. The number of carbonyl (C=O) groups excluding carboxylic acids is 1. The topological polar surface area (TPSA) is 42.9 Å². The third-order valence-electron chi connectivity index (χ3n) is 2.70. The standard InChI is InChI=1S/C11H14N2O/c1-7-9-5-3-4-6-10(9)13-11(12-7)8(2)14/h3-6H2,1-2H3. The van der Waals surface area contributed by atoms with E-state index in [2.05, 4.69) is 9.97 Å². The molecule has 1 aliphatic rings. The van der Waals surface area contributed by atoms with Gasteiger partial charge >= 0.3 is 0 Å². The number of Topliss-reactive ketones (excluding diaryl/α,β-unsaturated/α-hetero) is 1. The summed E-state index contributed by atoms with van der Waals surface area (Å²) >= 11 is 0. The van der Waals surface area contributed by atoms with Crippen LogP contribution in [0.15, 0.2) is 0 Å². The molecule has 0 fully saturated rings. The van der Waals surface area contributed by atoms with Crippen molar-refractivity contribution in [2.45, 2.75) is 39.5 Å². The molecule has 1 aromatic rings. The molecule has 3 heteroatoms. The Morgan fingerprint density at radius 1 is 1.21 bits per heavy atom. The molecule has 0 atom stereocenters. The van der Waals surface area contributed by atoms with Crippen LogP contribution in [0.25, 0.3) is 0 Å². The Morgan fingerprint density at radius 3 is 2.64 bits per heavy atom. The molecule has 1 heterocycles. The number of nitrogens with zero attached hydrogens (tertiary/aromatic N) is 2. The van der Waals surface area contributed by atoms with Crippen molar-refractivity contribution >= 4 is 5.78 Å². The summed E-state index contributed by atoms with van der Waals surface area (Å²) in [5.41, 5.74) is 3.34. The first-order valence-corrected chi connectivity index (χ1v) is 5.06. The van der Waals surface area contributed by atoms with Crippen LogP contribution in [0.4, 0.5) is 0 Å². The third kappa shape index (κ3) is 1.54. The largest absolute Gasteiger partial charge is 0.291 e. The van der Waals surface area contributed by atoms with Gasteiger partial charge in [0.15, 0.2) is 11.6 Å². The number of ketones is 1. The van der Waals surface area contributed by atoms with Gasteiger partial charge in [0, 0.05) is 18.3 Å². The van der Waals surface area contributed by atoms with Crippen molar-refractivity contribution in [3.05, 3.63) is 22.8 Å². The molecule has 0 spiro atoms. The maximum atomic E-state index is 11.2. The SMILES string of the molecule is CC(=O)c1nc(C)c2c(n1)CCCC2. The lowest BCUT2D eigenvalue weighted by Crippen LogP contribution is -2.13. The summed E-state index contributed by atoms with van der Waals surface area (Å²) in [6.45, 7) is 3.49. The number of aryl methyl sites for hydroxylation is 2. The Balaban J connectivity index is 2.51. The molecule has 0 saturated carbocycles. The highest BCUT2D eigenvalue weighted by molar-refractivity contribution is 5.90. The van der Waals surface area contributed by atoms with Gasteiger partial charge in [-0.25, -0.2) is 9.97 Å². The molecule has 0 aliphatic heterocycles. The van der Waals surface area contributed by atoms with Crippen LogP contribution >= 0.6 is 0 Å². The Kier molecular flexibility index (Phi) is 2.32. The normalized spacial score (nSPS) is 15.0. The fourth-order valence-corrected chi connectivity index (χ4v) is 1.94. The van der Waals surface area contributed by atoms with Gasteiger partial charge in [-0.1, -0.05) is 0 Å². The maximum Gasteiger partial charge on any atom is 0.196 e. The second-order valence-corrected chi connectivity index (χ2v) is 3.82. The molecule has 3 nitrogen and oxygen atoms in total. The smallest absolute Gasteiger partial charge is 0.196 e. The van der Waals surface area contributed by atoms with Crippen molar-refractivity contribution in [1.29, 1.82) is 0 Å². The van der Waals surface area contributed by atoms with Crippen LogP contribution in [0.5, 0.6) is 0 Å². The first-order chi connectivity index (χ1) is 6.68. The predicted molar refractivity (Wildman–Crippen MR) is 53.4 cm³/mol. The summed E-state index contributed by atoms with van der Waals surface area (Å²) in [7, 11) is 0. The number of fused-ring (bicyclic) bond motifs is 1. The Hall–Kier alpha value is -1.25. The highest BCUT2D eigenvalue weighted by Crippen LogP contribution is 2.21. The fraction of sp³-hybridized carbons (Fsp3) is 0.545. The minimum atomic E-state index is -0.0403. The maximum absolute atomic E-state index is 11.2. The van der Waals surface area contributed by atoms with Crippen molar-refractivity contribution in [2.75, 3.05) is 0 Å². The molecule has 0 unspecified atom stereocenters. The number of carbonyl (C=O) groups is 1. The summed E-state index contributed by atoms with van der Waals surface area (Å²) < 4.78 is 0. The van der Waals surface area contributed by atoms with E-state index in [0.29, 0.717) is 5.82 Å². The summed E-state index contributed by atoms with van der Waals surface area (Å²) in [5.74, 6) is 0.338. The molecule has 0 saturated heterocycles. The van der Waals surface area contributed by atoms with Crippen LogP contribution in [-0.4, -0.2) is 15.8 Å². The van der Waals surface area contributed by atoms with Gasteiger partial charge in [0.05, 0.1) is 0 Å². The van der Waals surface area contributed by atoms with E-state index in [-0.39, 0.29) is 5.78 Å². The molecular formula is C11H14N2O. The van der Waals surface area contributed by atoms with Crippen LogP contribution in [0.3, 0.4) is 0 Å². The van der Waals surface area contributed by atoms with Gasteiger partial charge < -0.3 is 0 Å². The molecule has 0 aromatic carbocycles. The molecule has 1 aromatic heterocycles. The summed E-state index contributed by atoms with van der Waals surface area (Å²) in [5, 5.41) is 0. The molecule has 1 aliphatic carbocycles. The van der Waals surface area contributed by atoms with Crippen molar-refractivity contribution in [1.82, 2.24) is 9.97 Å². The molecule has 0 radical (unpaired) electrons. The van der Waals surface area contributed by atoms with Crippen LogP contribution in [0, 0.1) is 6.92 Å². The van der Waals surface area contributed by atoms with Gasteiger partial charge in [-0.3, -0.25) is 4.79 Å². The zero-order valence-electron chi connectivity index (χ0n) is 8.63. The van der Waals surface area contributed by atoms with Crippen LogP contribution < -0.4 is 0 Å². The van der Waals surface area contributed by atoms with E-state index >= 15 is 0 Å². The first kappa shape index (κ1) is 9.31. The monoisotopic (exact) mass is 190 g/mol. The number of hydrogen-bond acceptors (Lipinski definition) is 3. The number of rotatable bonds is 1. The molecule has 0 amide bonds. The van der Waals surface area contributed by atoms with Crippen LogP contribution in [0.2, 0.25) is 0 Å². The third-order valence-corrected chi connectivity index (χ3v) is 2.70. The molecule has 0 N–H and O–H groups in total. The number of hydrogen-bond donors (Lipinski definition) is 0. The van der Waals surface area contributed by atoms with E-state index in [9.17, 15) is 4.79 Å². The van der Waals surface area contributed by atoms with Crippen molar-refractivity contribution < 1.29 is 4.79 Å². The first-order valence-electron chi connectivity index (χ1n) is 5.06. The van der Waals surface area contributed by atoms with Crippen LogP contribution in [0.1, 0.15) is 47.3 Å². The van der Waals surface area contributed by atoms with Gasteiger partial charge in [-0.15, -0.1) is 0 Å². The van der Waals surface area contributed by atoms with Crippen LogP contribution in [-0.2, 0) is 12.8 Å². The van der Waals surface area contributed by atoms with E-state index in [1.165, 1.54) is 25.3 Å². The van der Waals surface area contributed by atoms with Gasteiger partial charge in [0.1, 0.15) is 0 Å². The Morgan fingerprint density at radius 2 is 1.93 bits per heavy atom. The van der Waals surface area contributed by atoms with Crippen molar-refractivity contribution in [3.8, 4) is 0 Å². The lowest BCUT2D eigenvalue weighted by atomic mass is 9.95. The van der Waals surface area contributed by atoms with E-state index in [1.54, 1.807) is 0 Å². The molecule has 74 valence electrons. The zero-order chi connectivity index (χ0) is 10.1. The average molecular weight is 190 g/mol. The van der Waals surface area contributed by atoms with Gasteiger partial charge in [0.2, 0.25) is 0 Å². The van der Waals surface area contributed by atoms with Gasteiger partial charge in [-0.2, -0.15) is 0 Å². The van der Waals surface area contributed by atoms with E-state index in [0.717, 1.165) is 24.2 Å². The second-order valence-electron chi connectivity index (χ2n) is 3.82. The predicted octanol–water partition coefficient (Wildman–Crippen LogP) is 1.87. The minimum absolute atomic E-state index is 0.0403. The Bertz CT molecular complexity index is 385. The van der Waals surface area contributed by atoms with Gasteiger partial charge in [0.25, 0.3) is 0 Å². The van der Waals surface area contributed by atoms with Crippen molar-refractivity contribution in [2.24, 2.45) is 0 Å². The lowest BCUT2D eigenvalue weighted by Gasteiger charge is -2.16. The highest BCUT2D eigenvalue weighted by Gasteiger charge is 2.16. The average Bonchev–Trinajstić information content (AvgIpc) is 2.17. The molecule has 2 rings (SSSR count). The molecule has 0 bridgehead atoms. The summed E-state index contributed by atoms with van der Waals surface area (Å²) in [4.78, 5) is 19.7. The van der Waals surface area contributed by atoms with E-state index in [1.807, 2.05) is 6.92 Å². The summed E-state index contributed by atoms with van der Waals surface area (Å²) in [6.07, 6.45) is 4.47. The fourth-order valence-electron chi connectivity index (χ4n) is 1.94. The van der Waals surface area contributed by atoms with E-state index < -0.39 is 0 Å². The quantitative estimate of drug-likeness (QED) is 0.635. The lowest BCUT2D eigenvalue weighted by molar-refractivity contribution is 0.100. The summed E-state index contributed by atoms with van der Waals surface area (Å²) in [6, 6.07) is 0. The minimum Gasteiger partial charge on any atom is -0.291 e. The molecular weight excluding hydrogens is 176 g/mol.